The number of carboxylic acids is 1. The lowest BCUT2D eigenvalue weighted by Gasteiger charge is -2.33. The highest BCUT2D eigenvalue weighted by Crippen LogP contribution is 2.17. The maximum absolute atomic E-state index is 11.8. The largest absolute Gasteiger partial charge is 0.480 e. The Morgan fingerprint density at radius 3 is 2.75 bits per heavy atom. The molecule has 0 aromatic rings. The molecule has 5 heteroatoms. The molecule has 16 heavy (non-hydrogen) atoms. The lowest BCUT2D eigenvalue weighted by molar-refractivity contribution is -0.143. The van der Waals surface area contributed by atoms with Crippen LogP contribution < -0.4 is 5.32 Å². The Balaban J connectivity index is 2.60. The first kappa shape index (κ1) is 12.8. The first-order chi connectivity index (χ1) is 7.56. The number of carbonyl (C=O) groups excluding carboxylic acids is 1. The number of hydrogen-bond donors (Lipinski definition) is 2. The molecule has 5 nitrogen and oxygen atoms in total. The summed E-state index contributed by atoms with van der Waals surface area (Å²) < 4.78 is 0. The van der Waals surface area contributed by atoms with E-state index in [1.165, 1.54) is 4.90 Å². The first-order valence-corrected chi connectivity index (χ1v) is 5.86. The van der Waals surface area contributed by atoms with Crippen LogP contribution in [-0.4, -0.2) is 40.6 Å². The summed E-state index contributed by atoms with van der Waals surface area (Å²) >= 11 is 0. The van der Waals surface area contributed by atoms with E-state index in [2.05, 4.69) is 5.32 Å². The fourth-order valence-corrected chi connectivity index (χ4v) is 1.83. The van der Waals surface area contributed by atoms with E-state index in [4.69, 9.17) is 5.11 Å². The zero-order chi connectivity index (χ0) is 12.1. The number of urea groups is 1. The highest BCUT2D eigenvalue weighted by atomic mass is 16.4. The van der Waals surface area contributed by atoms with Gasteiger partial charge in [-0.3, -0.25) is 0 Å². The van der Waals surface area contributed by atoms with Crippen molar-refractivity contribution in [2.24, 2.45) is 0 Å². The van der Waals surface area contributed by atoms with E-state index in [1.807, 2.05) is 13.8 Å². The van der Waals surface area contributed by atoms with Gasteiger partial charge in [-0.1, -0.05) is 6.92 Å². The second kappa shape index (κ2) is 5.72. The molecular weight excluding hydrogens is 208 g/mol. The second-order valence-electron chi connectivity index (χ2n) is 4.30. The van der Waals surface area contributed by atoms with E-state index < -0.39 is 12.0 Å². The van der Waals surface area contributed by atoms with Crippen LogP contribution in [0.1, 0.15) is 39.5 Å². The van der Waals surface area contributed by atoms with Crippen molar-refractivity contribution in [2.75, 3.05) is 6.54 Å². The van der Waals surface area contributed by atoms with Crippen LogP contribution in [0.5, 0.6) is 0 Å². The number of aliphatic carboxylic acids is 1. The predicted octanol–water partition coefficient (Wildman–Crippen LogP) is 1.43. The van der Waals surface area contributed by atoms with Gasteiger partial charge in [0.15, 0.2) is 0 Å². The van der Waals surface area contributed by atoms with Crippen LogP contribution in [0.3, 0.4) is 0 Å². The fourth-order valence-electron chi connectivity index (χ4n) is 1.83. The average molecular weight is 228 g/mol. The van der Waals surface area contributed by atoms with Crippen molar-refractivity contribution in [2.45, 2.75) is 51.6 Å². The van der Waals surface area contributed by atoms with Gasteiger partial charge in [-0.05, 0) is 32.6 Å². The third kappa shape index (κ3) is 3.12. The summed E-state index contributed by atoms with van der Waals surface area (Å²) in [5.74, 6) is -0.904. The molecule has 2 amide bonds. The number of carboxylic acid groups (broad SMARTS) is 1. The van der Waals surface area contributed by atoms with Crippen molar-refractivity contribution in [3.63, 3.8) is 0 Å². The van der Waals surface area contributed by atoms with E-state index in [9.17, 15) is 9.59 Å². The number of nitrogens with zero attached hydrogens (tertiary/aromatic N) is 1. The summed E-state index contributed by atoms with van der Waals surface area (Å²) in [7, 11) is 0. The van der Waals surface area contributed by atoms with Crippen LogP contribution in [0.25, 0.3) is 0 Å². The Hall–Kier alpha value is -1.26. The molecule has 1 aliphatic heterocycles. The molecule has 92 valence electrons. The molecule has 1 saturated heterocycles. The number of piperidine rings is 1. The molecule has 0 radical (unpaired) electrons. The van der Waals surface area contributed by atoms with Gasteiger partial charge in [0.05, 0.1) is 0 Å². The monoisotopic (exact) mass is 228 g/mol. The van der Waals surface area contributed by atoms with E-state index >= 15 is 0 Å². The van der Waals surface area contributed by atoms with Crippen LogP contribution >= 0.6 is 0 Å². The minimum atomic E-state index is -0.904. The van der Waals surface area contributed by atoms with Gasteiger partial charge in [0.25, 0.3) is 0 Å². The summed E-state index contributed by atoms with van der Waals surface area (Å²) in [5.41, 5.74) is 0. The van der Waals surface area contributed by atoms with Crippen molar-refractivity contribution < 1.29 is 14.7 Å². The van der Waals surface area contributed by atoms with Crippen molar-refractivity contribution in [3.05, 3.63) is 0 Å². The molecule has 0 bridgehead atoms. The van der Waals surface area contributed by atoms with Gasteiger partial charge in [0.2, 0.25) is 0 Å². The standard InChI is InChI=1S/C11H20N2O3/c1-3-8(2)12-11(16)13-7-5-4-6-9(13)10(14)15/h8-9H,3-7H2,1-2H3,(H,12,16)(H,14,15)/t8-,9+/m0/s1. The molecule has 1 fully saturated rings. The lowest BCUT2D eigenvalue weighted by Crippen LogP contribution is -2.53. The van der Waals surface area contributed by atoms with Gasteiger partial charge in [-0.15, -0.1) is 0 Å². The molecule has 1 aliphatic rings. The normalized spacial score (nSPS) is 22.6. The quantitative estimate of drug-likeness (QED) is 0.767. The average Bonchev–Trinajstić information content (AvgIpc) is 2.28. The summed E-state index contributed by atoms with van der Waals surface area (Å²) in [6, 6.07) is -0.817. The van der Waals surface area contributed by atoms with E-state index in [0.29, 0.717) is 13.0 Å². The Labute approximate surface area is 95.8 Å². The molecule has 0 unspecified atom stereocenters. The third-order valence-corrected chi connectivity index (χ3v) is 3.03. The van der Waals surface area contributed by atoms with Crippen molar-refractivity contribution in [1.82, 2.24) is 10.2 Å². The van der Waals surface area contributed by atoms with E-state index in [1.54, 1.807) is 0 Å². The third-order valence-electron chi connectivity index (χ3n) is 3.03. The van der Waals surface area contributed by atoms with Gasteiger partial charge in [-0.2, -0.15) is 0 Å². The number of hydrogen-bond acceptors (Lipinski definition) is 2. The molecule has 1 heterocycles. The molecule has 0 aromatic carbocycles. The lowest BCUT2D eigenvalue weighted by atomic mass is 10.0. The summed E-state index contributed by atoms with van der Waals surface area (Å²) in [6.07, 6.45) is 3.17. The van der Waals surface area contributed by atoms with Gasteiger partial charge in [-0.25, -0.2) is 9.59 Å². The topological polar surface area (TPSA) is 69.6 Å². The molecule has 2 atom stereocenters. The Bertz CT molecular complexity index is 268. The van der Waals surface area contributed by atoms with Crippen LogP contribution in [0.15, 0.2) is 0 Å². The number of amides is 2. The predicted molar refractivity (Wildman–Crippen MR) is 60.3 cm³/mol. The maximum Gasteiger partial charge on any atom is 0.326 e. The Morgan fingerprint density at radius 1 is 1.50 bits per heavy atom. The molecule has 0 saturated carbocycles. The van der Waals surface area contributed by atoms with Gasteiger partial charge in [0.1, 0.15) is 6.04 Å². The molecule has 0 spiro atoms. The highest BCUT2D eigenvalue weighted by Gasteiger charge is 2.32. The molecule has 0 aliphatic carbocycles. The van der Waals surface area contributed by atoms with Crippen molar-refractivity contribution in [1.29, 1.82) is 0 Å². The summed E-state index contributed by atoms with van der Waals surface area (Å²) in [6.45, 7) is 4.44. The zero-order valence-electron chi connectivity index (χ0n) is 9.90. The van der Waals surface area contributed by atoms with Gasteiger partial charge in [0, 0.05) is 12.6 Å². The van der Waals surface area contributed by atoms with Crippen LogP contribution in [0, 0.1) is 0 Å². The minimum Gasteiger partial charge on any atom is -0.480 e. The SMILES string of the molecule is CC[C@H](C)NC(=O)N1CCCC[C@@H]1C(=O)O. The van der Waals surface area contributed by atoms with Crippen molar-refractivity contribution in [3.8, 4) is 0 Å². The van der Waals surface area contributed by atoms with E-state index in [0.717, 1.165) is 19.3 Å². The number of likely N-dealkylation sites (tertiary alicyclic amines) is 1. The van der Waals surface area contributed by atoms with Crippen molar-refractivity contribution >= 4 is 12.0 Å². The molecule has 0 aromatic heterocycles. The van der Waals surface area contributed by atoms with Gasteiger partial charge >= 0.3 is 12.0 Å². The highest BCUT2D eigenvalue weighted by molar-refractivity contribution is 5.83. The smallest absolute Gasteiger partial charge is 0.326 e. The number of carbonyl (C=O) groups is 2. The molecule has 1 rings (SSSR count). The zero-order valence-corrected chi connectivity index (χ0v) is 9.90. The first-order valence-electron chi connectivity index (χ1n) is 5.86. The van der Waals surface area contributed by atoms with Crippen LogP contribution in [0.4, 0.5) is 4.79 Å². The second-order valence-corrected chi connectivity index (χ2v) is 4.30. The summed E-state index contributed by atoms with van der Waals surface area (Å²) in [5, 5.41) is 11.8. The van der Waals surface area contributed by atoms with Gasteiger partial charge < -0.3 is 15.3 Å². The van der Waals surface area contributed by atoms with E-state index in [-0.39, 0.29) is 12.1 Å². The van der Waals surface area contributed by atoms with Crippen LogP contribution in [-0.2, 0) is 4.79 Å². The fraction of sp³-hybridized carbons (Fsp3) is 0.818. The maximum atomic E-state index is 11.8. The number of nitrogens with one attached hydrogen (secondary N) is 1. The Kier molecular flexibility index (Phi) is 4.58. The minimum absolute atomic E-state index is 0.0869. The molecule has 2 N–H and O–H groups in total. The Morgan fingerprint density at radius 2 is 2.19 bits per heavy atom. The van der Waals surface area contributed by atoms with Crippen LogP contribution in [0.2, 0.25) is 0 Å². The molecular formula is C11H20N2O3. The number of rotatable bonds is 3. The summed E-state index contributed by atoms with van der Waals surface area (Å²) in [4.78, 5) is 24.3.